The van der Waals surface area contributed by atoms with Crippen LogP contribution in [0.25, 0.3) is 0 Å². The van der Waals surface area contributed by atoms with Crippen LogP contribution in [0.3, 0.4) is 0 Å². The molecule has 0 atom stereocenters. The van der Waals surface area contributed by atoms with Crippen molar-refractivity contribution in [3.05, 3.63) is 94.5 Å². The Morgan fingerprint density at radius 1 is 0.588 bits per heavy atom. The maximum absolute atomic E-state index is 10.2. The number of anilines is 3. The maximum atomic E-state index is 10.2. The van der Waals surface area contributed by atoms with Crippen molar-refractivity contribution in [3.63, 3.8) is 0 Å². The average molecular weight is 456 g/mol. The molecule has 5 nitrogen and oxygen atoms in total. The molecule has 0 fully saturated rings. The van der Waals surface area contributed by atoms with Crippen molar-refractivity contribution in [2.45, 2.75) is 34.6 Å². The standard InChI is InChI=1S/C29H29NO4/c1-17-10-22(31)16-25(11-17)34-27-9-7-6-8-26(27)30(28-18(2)12-23(32)13-19(28)3)29-20(4)14-24(33)15-21(29)5/h6-16,31-33H,1-5H3. The number of hydrogen-bond donors (Lipinski definition) is 3. The van der Waals surface area contributed by atoms with Crippen molar-refractivity contribution < 1.29 is 20.1 Å². The SMILES string of the molecule is Cc1cc(O)cc(Oc2ccccc2N(c2c(C)cc(O)cc2C)c2c(C)cc(O)cc2C)c1. The van der Waals surface area contributed by atoms with Crippen LogP contribution in [0, 0.1) is 34.6 Å². The van der Waals surface area contributed by atoms with Gasteiger partial charge in [-0.2, -0.15) is 0 Å². The molecule has 0 saturated heterocycles. The van der Waals surface area contributed by atoms with E-state index in [0.29, 0.717) is 11.5 Å². The molecule has 0 aliphatic rings. The van der Waals surface area contributed by atoms with Crippen molar-refractivity contribution in [2.24, 2.45) is 0 Å². The Balaban J connectivity index is 1.98. The van der Waals surface area contributed by atoms with E-state index in [1.807, 2.05) is 65.0 Å². The van der Waals surface area contributed by atoms with Crippen LogP contribution in [0.5, 0.6) is 28.7 Å². The van der Waals surface area contributed by atoms with Gasteiger partial charge < -0.3 is 25.0 Å². The molecule has 4 aromatic carbocycles. The Bertz CT molecular complexity index is 1250. The van der Waals surface area contributed by atoms with E-state index in [-0.39, 0.29) is 17.2 Å². The zero-order valence-corrected chi connectivity index (χ0v) is 20.0. The molecule has 0 aliphatic heterocycles. The van der Waals surface area contributed by atoms with Crippen LogP contribution in [-0.2, 0) is 0 Å². The third-order valence-corrected chi connectivity index (χ3v) is 5.77. The molecule has 4 aromatic rings. The van der Waals surface area contributed by atoms with Gasteiger partial charge in [0, 0.05) is 6.07 Å². The monoisotopic (exact) mass is 455 g/mol. The first kappa shape index (κ1) is 23.1. The van der Waals surface area contributed by atoms with E-state index in [1.165, 1.54) is 0 Å². The Hall–Kier alpha value is -4.12. The van der Waals surface area contributed by atoms with E-state index in [4.69, 9.17) is 4.74 Å². The lowest BCUT2D eigenvalue weighted by molar-refractivity contribution is 0.455. The number of para-hydroxylation sites is 2. The third kappa shape index (κ3) is 4.50. The molecule has 0 radical (unpaired) electrons. The molecule has 0 amide bonds. The molecule has 0 heterocycles. The zero-order chi connectivity index (χ0) is 24.6. The second kappa shape index (κ2) is 9.02. The van der Waals surface area contributed by atoms with Crippen LogP contribution >= 0.6 is 0 Å². The third-order valence-electron chi connectivity index (χ3n) is 5.77. The van der Waals surface area contributed by atoms with Crippen LogP contribution in [-0.4, -0.2) is 15.3 Å². The summed E-state index contributed by atoms with van der Waals surface area (Å²) in [6.07, 6.45) is 0. The van der Waals surface area contributed by atoms with Crippen molar-refractivity contribution in [2.75, 3.05) is 4.90 Å². The largest absolute Gasteiger partial charge is 0.508 e. The van der Waals surface area contributed by atoms with E-state index in [9.17, 15) is 15.3 Å². The lowest BCUT2D eigenvalue weighted by atomic mass is 10.0. The summed E-state index contributed by atoms with van der Waals surface area (Å²) >= 11 is 0. The number of aryl methyl sites for hydroxylation is 5. The highest BCUT2D eigenvalue weighted by Gasteiger charge is 2.24. The molecule has 0 spiro atoms. The molecule has 34 heavy (non-hydrogen) atoms. The summed E-state index contributed by atoms with van der Waals surface area (Å²) in [5, 5.41) is 30.4. The van der Waals surface area contributed by atoms with Gasteiger partial charge in [-0.05, 0) is 111 Å². The first-order chi connectivity index (χ1) is 16.1. The molecule has 0 saturated carbocycles. The first-order valence-electron chi connectivity index (χ1n) is 11.1. The summed E-state index contributed by atoms with van der Waals surface area (Å²) in [6, 6.07) is 19.8. The average Bonchev–Trinajstić information content (AvgIpc) is 2.71. The van der Waals surface area contributed by atoms with Gasteiger partial charge in [0.25, 0.3) is 0 Å². The fraction of sp³-hybridized carbons (Fsp3) is 0.172. The number of nitrogens with zero attached hydrogens (tertiary/aromatic N) is 1. The van der Waals surface area contributed by atoms with Gasteiger partial charge in [0.05, 0.1) is 17.1 Å². The van der Waals surface area contributed by atoms with Crippen LogP contribution in [0.4, 0.5) is 17.1 Å². The fourth-order valence-electron chi connectivity index (χ4n) is 4.57. The van der Waals surface area contributed by atoms with Crippen LogP contribution in [0.2, 0.25) is 0 Å². The molecule has 0 unspecified atom stereocenters. The minimum absolute atomic E-state index is 0.139. The maximum Gasteiger partial charge on any atom is 0.151 e. The van der Waals surface area contributed by atoms with Gasteiger partial charge >= 0.3 is 0 Å². The predicted octanol–water partition coefficient (Wildman–Crippen LogP) is 7.61. The smallest absolute Gasteiger partial charge is 0.151 e. The number of benzene rings is 4. The second-order valence-corrected chi connectivity index (χ2v) is 8.77. The molecular weight excluding hydrogens is 426 g/mol. The highest BCUT2D eigenvalue weighted by Crippen LogP contribution is 2.47. The van der Waals surface area contributed by atoms with Gasteiger partial charge in [0.15, 0.2) is 5.75 Å². The van der Waals surface area contributed by atoms with Crippen LogP contribution < -0.4 is 9.64 Å². The quantitative estimate of drug-likeness (QED) is 0.289. The van der Waals surface area contributed by atoms with Crippen molar-refractivity contribution in [1.29, 1.82) is 0 Å². The molecule has 3 N–H and O–H groups in total. The molecule has 0 aromatic heterocycles. The molecular formula is C29H29NO4. The van der Waals surface area contributed by atoms with Gasteiger partial charge in [0.2, 0.25) is 0 Å². The second-order valence-electron chi connectivity index (χ2n) is 8.77. The van der Waals surface area contributed by atoms with Gasteiger partial charge in [-0.25, -0.2) is 0 Å². The normalized spacial score (nSPS) is 10.9. The molecule has 0 aliphatic carbocycles. The number of phenols is 3. The number of rotatable bonds is 5. The van der Waals surface area contributed by atoms with Crippen LogP contribution in [0.1, 0.15) is 27.8 Å². The van der Waals surface area contributed by atoms with Gasteiger partial charge in [-0.15, -0.1) is 0 Å². The van der Waals surface area contributed by atoms with Crippen molar-refractivity contribution in [1.82, 2.24) is 0 Å². The first-order valence-corrected chi connectivity index (χ1v) is 11.1. The van der Waals surface area contributed by atoms with Gasteiger partial charge in [-0.3, -0.25) is 0 Å². The number of phenolic OH excluding ortho intramolecular Hbond substituents is 3. The summed E-state index contributed by atoms with van der Waals surface area (Å²) in [5.74, 6) is 1.68. The fourth-order valence-corrected chi connectivity index (χ4v) is 4.57. The molecule has 0 bridgehead atoms. The summed E-state index contributed by atoms with van der Waals surface area (Å²) in [6.45, 7) is 9.74. The minimum atomic E-state index is 0.139. The van der Waals surface area contributed by atoms with Gasteiger partial charge in [0.1, 0.15) is 23.0 Å². The summed E-state index contributed by atoms with van der Waals surface area (Å²) < 4.78 is 6.30. The Morgan fingerprint density at radius 3 is 1.56 bits per heavy atom. The lowest BCUT2D eigenvalue weighted by Crippen LogP contribution is -2.16. The summed E-state index contributed by atoms with van der Waals surface area (Å²) in [7, 11) is 0. The summed E-state index contributed by atoms with van der Waals surface area (Å²) in [5.41, 5.74) is 7.09. The Labute approximate surface area is 200 Å². The zero-order valence-electron chi connectivity index (χ0n) is 20.0. The van der Waals surface area contributed by atoms with E-state index in [1.54, 1.807) is 36.4 Å². The van der Waals surface area contributed by atoms with E-state index < -0.39 is 0 Å². The topological polar surface area (TPSA) is 73.2 Å². The van der Waals surface area contributed by atoms with E-state index in [0.717, 1.165) is 44.9 Å². The van der Waals surface area contributed by atoms with Gasteiger partial charge in [-0.1, -0.05) is 12.1 Å². The van der Waals surface area contributed by atoms with Crippen LogP contribution in [0.15, 0.2) is 66.7 Å². The lowest BCUT2D eigenvalue weighted by Gasteiger charge is -2.32. The Morgan fingerprint density at radius 2 is 1.06 bits per heavy atom. The highest BCUT2D eigenvalue weighted by atomic mass is 16.5. The number of aromatic hydroxyl groups is 3. The molecule has 5 heteroatoms. The highest BCUT2D eigenvalue weighted by molar-refractivity contribution is 5.86. The van der Waals surface area contributed by atoms with Crippen molar-refractivity contribution >= 4 is 17.1 Å². The van der Waals surface area contributed by atoms with E-state index >= 15 is 0 Å². The van der Waals surface area contributed by atoms with Crippen molar-refractivity contribution in [3.8, 4) is 28.7 Å². The number of hydrogen-bond acceptors (Lipinski definition) is 5. The van der Waals surface area contributed by atoms with E-state index in [2.05, 4.69) is 4.90 Å². The predicted molar refractivity (Wildman–Crippen MR) is 136 cm³/mol. The number of ether oxygens (including phenoxy) is 1. The summed E-state index contributed by atoms with van der Waals surface area (Å²) in [4.78, 5) is 2.11. The Kier molecular flexibility index (Phi) is 6.12. The molecule has 174 valence electrons. The molecule has 4 rings (SSSR count). The minimum Gasteiger partial charge on any atom is -0.508 e.